The molecule has 0 bridgehead atoms. The van der Waals surface area contributed by atoms with Gasteiger partial charge in [-0.25, -0.2) is 0 Å². The van der Waals surface area contributed by atoms with Crippen molar-refractivity contribution in [3.63, 3.8) is 0 Å². The molecule has 3 rings (SSSR count). The summed E-state index contributed by atoms with van der Waals surface area (Å²) in [6.45, 7) is 5.66. The van der Waals surface area contributed by atoms with Gasteiger partial charge < -0.3 is 15.3 Å². The van der Waals surface area contributed by atoms with Gasteiger partial charge in [-0.3, -0.25) is 19.3 Å². The van der Waals surface area contributed by atoms with E-state index in [1.807, 2.05) is 32.0 Å². The lowest BCUT2D eigenvalue weighted by Gasteiger charge is -2.31. The van der Waals surface area contributed by atoms with Gasteiger partial charge in [0.25, 0.3) is 0 Å². The smallest absolute Gasteiger partial charge is 0.308 e. The van der Waals surface area contributed by atoms with Crippen molar-refractivity contribution >= 4 is 23.5 Å². The lowest BCUT2D eigenvalue weighted by atomic mass is 9.98. The molecule has 158 valence electrons. The van der Waals surface area contributed by atoms with Gasteiger partial charge in [0.1, 0.15) is 0 Å². The number of anilines is 1. The number of amides is 2. The fraction of sp³-hybridized carbons (Fsp3) is 0.591. The number of rotatable bonds is 8. The largest absolute Gasteiger partial charge is 0.481 e. The molecule has 0 spiro atoms. The van der Waals surface area contributed by atoms with Crippen molar-refractivity contribution in [2.45, 2.75) is 52.0 Å². The summed E-state index contributed by atoms with van der Waals surface area (Å²) in [7, 11) is 0. The average Bonchev–Trinajstić information content (AvgIpc) is 3.53. The van der Waals surface area contributed by atoms with E-state index in [9.17, 15) is 19.5 Å². The summed E-state index contributed by atoms with van der Waals surface area (Å²) in [6, 6.07) is 6.28. The van der Waals surface area contributed by atoms with E-state index in [1.165, 1.54) is 0 Å². The SMILES string of the molecule is Cc1cccc(C)c1NC(=O)CN(CCC(=O)N1CCCC(C(=O)O)C1)C1CC1. The number of aryl methyl sites for hydroxylation is 2. The first-order valence-corrected chi connectivity index (χ1v) is 10.5. The van der Waals surface area contributed by atoms with Crippen molar-refractivity contribution in [3.05, 3.63) is 29.3 Å². The molecular formula is C22H31N3O4. The van der Waals surface area contributed by atoms with Crippen molar-refractivity contribution in [1.29, 1.82) is 0 Å². The maximum atomic E-state index is 12.6. The molecule has 0 radical (unpaired) electrons. The maximum Gasteiger partial charge on any atom is 0.308 e. The van der Waals surface area contributed by atoms with Gasteiger partial charge in [-0.2, -0.15) is 0 Å². The molecule has 1 aliphatic heterocycles. The molecule has 2 amide bonds. The number of aliphatic carboxylic acids is 1. The Bertz CT molecular complexity index is 755. The second kappa shape index (κ2) is 9.39. The zero-order chi connectivity index (χ0) is 21.0. The van der Waals surface area contributed by atoms with Crippen molar-refractivity contribution in [2.24, 2.45) is 5.92 Å². The van der Waals surface area contributed by atoms with E-state index >= 15 is 0 Å². The van der Waals surface area contributed by atoms with Crippen LogP contribution < -0.4 is 5.32 Å². The van der Waals surface area contributed by atoms with Crippen LogP contribution in [0.1, 0.15) is 43.2 Å². The monoisotopic (exact) mass is 401 g/mol. The number of likely N-dealkylation sites (tertiary alicyclic amines) is 1. The third kappa shape index (κ3) is 5.79. The Morgan fingerprint density at radius 2 is 1.86 bits per heavy atom. The summed E-state index contributed by atoms with van der Waals surface area (Å²) in [5, 5.41) is 12.2. The Kier molecular flexibility index (Phi) is 6.90. The predicted octanol–water partition coefficient (Wildman–Crippen LogP) is 2.42. The van der Waals surface area contributed by atoms with Gasteiger partial charge in [-0.15, -0.1) is 0 Å². The fourth-order valence-corrected chi connectivity index (χ4v) is 4.01. The highest BCUT2D eigenvalue weighted by Gasteiger charge is 2.32. The highest BCUT2D eigenvalue weighted by molar-refractivity contribution is 5.93. The van der Waals surface area contributed by atoms with Crippen LogP contribution >= 0.6 is 0 Å². The van der Waals surface area contributed by atoms with Gasteiger partial charge in [-0.05, 0) is 50.7 Å². The number of nitrogens with one attached hydrogen (secondary N) is 1. The third-order valence-corrected chi connectivity index (χ3v) is 5.89. The van der Waals surface area contributed by atoms with Gasteiger partial charge in [0.15, 0.2) is 0 Å². The Labute approximate surface area is 172 Å². The number of hydrogen-bond donors (Lipinski definition) is 2. The molecule has 1 aromatic carbocycles. The van der Waals surface area contributed by atoms with Crippen molar-refractivity contribution < 1.29 is 19.5 Å². The normalized spacial score (nSPS) is 19.3. The van der Waals surface area contributed by atoms with Crippen LogP contribution in [-0.2, 0) is 14.4 Å². The molecule has 1 heterocycles. The Hall–Kier alpha value is -2.41. The quantitative estimate of drug-likeness (QED) is 0.698. The molecule has 7 nitrogen and oxygen atoms in total. The molecule has 7 heteroatoms. The molecule has 2 fully saturated rings. The van der Waals surface area contributed by atoms with E-state index in [0.29, 0.717) is 38.5 Å². The second-order valence-electron chi connectivity index (χ2n) is 8.28. The zero-order valence-electron chi connectivity index (χ0n) is 17.3. The molecule has 1 unspecified atom stereocenters. The van der Waals surface area contributed by atoms with E-state index in [-0.39, 0.29) is 18.4 Å². The number of para-hydroxylation sites is 1. The molecule has 1 atom stereocenters. The highest BCUT2D eigenvalue weighted by atomic mass is 16.4. The highest BCUT2D eigenvalue weighted by Crippen LogP contribution is 2.27. The minimum atomic E-state index is -0.828. The first kappa shape index (κ1) is 21.3. The summed E-state index contributed by atoms with van der Waals surface area (Å²) in [5.74, 6) is -1.37. The molecule has 2 aliphatic rings. The van der Waals surface area contributed by atoms with Gasteiger partial charge in [0, 0.05) is 37.8 Å². The lowest BCUT2D eigenvalue weighted by Crippen LogP contribution is -2.44. The molecule has 1 aromatic rings. The minimum absolute atomic E-state index is 0.0169. The topological polar surface area (TPSA) is 90.0 Å². The van der Waals surface area contributed by atoms with E-state index in [2.05, 4.69) is 10.2 Å². The van der Waals surface area contributed by atoms with Crippen LogP contribution in [0.3, 0.4) is 0 Å². The lowest BCUT2D eigenvalue weighted by molar-refractivity contribution is -0.145. The summed E-state index contributed by atoms with van der Waals surface area (Å²) in [5.41, 5.74) is 2.92. The minimum Gasteiger partial charge on any atom is -0.481 e. The molecule has 1 aliphatic carbocycles. The van der Waals surface area contributed by atoms with E-state index in [4.69, 9.17) is 0 Å². The first-order valence-electron chi connectivity index (χ1n) is 10.5. The molecule has 1 saturated heterocycles. The summed E-state index contributed by atoms with van der Waals surface area (Å²) < 4.78 is 0. The fourth-order valence-electron chi connectivity index (χ4n) is 4.01. The van der Waals surface area contributed by atoms with Crippen molar-refractivity contribution in [2.75, 3.05) is 31.5 Å². The Morgan fingerprint density at radius 3 is 2.48 bits per heavy atom. The average molecular weight is 402 g/mol. The Balaban J connectivity index is 1.52. The van der Waals surface area contributed by atoms with Crippen molar-refractivity contribution in [1.82, 2.24) is 9.80 Å². The summed E-state index contributed by atoms with van der Waals surface area (Å²) in [6.07, 6.45) is 3.78. The predicted molar refractivity (Wildman–Crippen MR) is 111 cm³/mol. The van der Waals surface area contributed by atoms with Crippen LogP contribution in [0.2, 0.25) is 0 Å². The zero-order valence-corrected chi connectivity index (χ0v) is 17.3. The van der Waals surface area contributed by atoms with Crippen LogP contribution in [0.4, 0.5) is 5.69 Å². The number of carbonyl (C=O) groups excluding carboxylic acids is 2. The van der Waals surface area contributed by atoms with E-state index in [1.54, 1.807) is 4.90 Å². The molecular weight excluding hydrogens is 370 g/mol. The number of hydrogen-bond acceptors (Lipinski definition) is 4. The van der Waals surface area contributed by atoms with Crippen LogP contribution in [0.25, 0.3) is 0 Å². The first-order chi connectivity index (χ1) is 13.8. The number of carboxylic acids is 1. The number of carboxylic acid groups (broad SMARTS) is 1. The number of benzene rings is 1. The second-order valence-corrected chi connectivity index (χ2v) is 8.28. The molecule has 1 saturated carbocycles. The summed E-state index contributed by atoms with van der Waals surface area (Å²) in [4.78, 5) is 40.2. The molecule has 2 N–H and O–H groups in total. The number of piperidine rings is 1. The van der Waals surface area contributed by atoms with Crippen LogP contribution in [0, 0.1) is 19.8 Å². The summed E-state index contributed by atoms with van der Waals surface area (Å²) >= 11 is 0. The van der Waals surface area contributed by atoms with Gasteiger partial charge >= 0.3 is 5.97 Å². The standard InChI is InChI=1S/C22H31N3O4/c1-15-5-3-6-16(2)21(15)23-19(26)14-24(18-8-9-18)12-10-20(27)25-11-4-7-17(13-25)22(28)29/h3,5-6,17-18H,4,7-14H2,1-2H3,(H,23,26)(H,28,29). The Morgan fingerprint density at radius 1 is 1.17 bits per heavy atom. The van der Waals surface area contributed by atoms with Crippen LogP contribution in [0.15, 0.2) is 18.2 Å². The van der Waals surface area contributed by atoms with Gasteiger partial charge in [0.05, 0.1) is 12.5 Å². The maximum absolute atomic E-state index is 12.6. The van der Waals surface area contributed by atoms with Gasteiger partial charge in [-0.1, -0.05) is 18.2 Å². The number of carbonyl (C=O) groups is 3. The van der Waals surface area contributed by atoms with E-state index in [0.717, 1.165) is 36.1 Å². The van der Waals surface area contributed by atoms with Crippen LogP contribution in [0.5, 0.6) is 0 Å². The number of nitrogens with zero attached hydrogens (tertiary/aromatic N) is 2. The van der Waals surface area contributed by atoms with Crippen LogP contribution in [-0.4, -0.2) is 64.9 Å². The van der Waals surface area contributed by atoms with Crippen molar-refractivity contribution in [3.8, 4) is 0 Å². The third-order valence-electron chi connectivity index (χ3n) is 5.89. The molecule has 0 aromatic heterocycles. The van der Waals surface area contributed by atoms with E-state index < -0.39 is 11.9 Å². The molecule has 29 heavy (non-hydrogen) atoms. The van der Waals surface area contributed by atoms with Gasteiger partial charge in [0.2, 0.25) is 11.8 Å².